The molecule has 2 aromatic rings. The van der Waals surface area contributed by atoms with Crippen LogP contribution in [0.15, 0.2) is 58.3 Å². The Morgan fingerprint density at radius 1 is 1.00 bits per heavy atom. The lowest BCUT2D eigenvalue weighted by Crippen LogP contribution is -1.90. The van der Waals surface area contributed by atoms with Gasteiger partial charge in [0, 0.05) is 27.5 Å². The van der Waals surface area contributed by atoms with Gasteiger partial charge in [-0.05, 0) is 31.2 Å². The molecule has 0 fully saturated rings. The van der Waals surface area contributed by atoms with Crippen LogP contribution < -0.4 is 0 Å². The Hall–Kier alpha value is -2.14. The van der Waals surface area contributed by atoms with Crippen LogP contribution in [0.1, 0.15) is 17.3 Å². The first-order valence-corrected chi connectivity index (χ1v) is 6.41. The fourth-order valence-electron chi connectivity index (χ4n) is 1.53. The number of hydrogen-bond donors (Lipinski definition) is 0. The molecule has 19 heavy (non-hydrogen) atoms. The second kappa shape index (κ2) is 5.67. The van der Waals surface area contributed by atoms with Crippen LogP contribution in [0.3, 0.4) is 0 Å². The lowest BCUT2D eigenvalue weighted by molar-refractivity contribution is -0.384. The summed E-state index contributed by atoms with van der Waals surface area (Å²) in [6.07, 6.45) is 0. The lowest BCUT2D eigenvalue weighted by atomic mass is 10.2. The van der Waals surface area contributed by atoms with Gasteiger partial charge in [-0.1, -0.05) is 23.9 Å². The SMILES string of the molecule is CC(=O)c1ccc(Sc2ccc([N+](=O)[O-])cc2)cc1. The lowest BCUT2D eigenvalue weighted by Gasteiger charge is -2.02. The largest absolute Gasteiger partial charge is 0.295 e. The molecule has 96 valence electrons. The third kappa shape index (κ3) is 3.42. The number of ketones is 1. The molecule has 0 N–H and O–H groups in total. The number of non-ortho nitro benzene ring substituents is 1. The van der Waals surface area contributed by atoms with E-state index in [4.69, 9.17) is 0 Å². The number of nitrogens with zero attached hydrogens (tertiary/aromatic N) is 1. The first-order chi connectivity index (χ1) is 9.06. The van der Waals surface area contributed by atoms with Gasteiger partial charge in [0.05, 0.1) is 4.92 Å². The van der Waals surface area contributed by atoms with Gasteiger partial charge in [0.25, 0.3) is 5.69 Å². The molecule has 0 aliphatic carbocycles. The van der Waals surface area contributed by atoms with Crippen LogP contribution in [-0.4, -0.2) is 10.7 Å². The highest BCUT2D eigenvalue weighted by molar-refractivity contribution is 7.99. The fraction of sp³-hybridized carbons (Fsp3) is 0.0714. The second-order valence-corrected chi connectivity index (χ2v) is 5.08. The molecule has 0 aliphatic heterocycles. The van der Waals surface area contributed by atoms with Gasteiger partial charge in [-0.25, -0.2) is 0 Å². The number of rotatable bonds is 4. The van der Waals surface area contributed by atoms with Crippen molar-refractivity contribution in [3.63, 3.8) is 0 Å². The summed E-state index contributed by atoms with van der Waals surface area (Å²) in [5.41, 5.74) is 0.754. The summed E-state index contributed by atoms with van der Waals surface area (Å²) in [6.45, 7) is 1.53. The molecule has 4 nitrogen and oxygen atoms in total. The van der Waals surface area contributed by atoms with Gasteiger partial charge < -0.3 is 0 Å². The van der Waals surface area contributed by atoms with E-state index in [0.717, 1.165) is 9.79 Å². The predicted octanol–water partition coefficient (Wildman–Crippen LogP) is 3.95. The first kappa shape index (κ1) is 13.3. The number of nitro benzene ring substituents is 1. The Bertz CT molecular complexity index is 550. The second-order valence-electron chi connectivity index (χ2n) is 3.93. The van der Waals surface area contributed by atoms with Crippen molar-refractivity contribution in [1.82, 2.24) is 0 Å². The zero-order valence-corrected chi connectivity index (χ0v) is 11.0. The van der Waals surface area contributed by atoms with Crippen molar-refractivity contribution in [2.45, 2.75) is 16.7 Å². The monoisotopic (exact) mass is 273 g/mol. The minimum atomic E-state index is -0.421. The first-order valence-electron chi connectivity index (χ1n) is 5.59. The van der Waals surface area contributed by atoms with E-state index >= 15 is 0 Å². The standard InChI is InChI=1S/C14H11NO3S/c1-10(16)11-2-6-13(7-3-11)19-14-8-4-12(5-9-14)15(17)18/h2-9H,1H3. The van der Waals surface area contributed by atoms with E-state index in [1.54, 1.807) is 24.3 Å². The fourth-order valence-corrected chi connectivity index (χ4v) is 2.35. The molecule has 0 atom stereocenters. The number of carbonyl (C=O) groups excluding carboxylic acids is 1. The van der Waals surface area contributed by atoms with Crippen LogP contribution in [0.2, 0.25) is 0 Å². The number of carbonyl (C=O) groups is 1. The number of benzene rings is 2. The molecule has 0 spiro atoms. The molecule has 2 rings (SSSR count). The molecule has 0 unspecified atom stereocenters. The van der Waals surface area contributed by atoms with Gasteiger partial charge in [-0.15, -0.1) is 0 Å². The number of nitro groups is 1. The molecule has 0 radical (unpaired) electrons. The Morgan fingerprint density at radius 3 is 1.89 bits per heavy atom. The third-order valence-electron chi connectivity index (χ3n) is 2.54. The van der Waals surface area contributed by atoms with Crippen LogP contribution >= 0.6 is 11.8 Å². The summed E-state index contributed by atoms with van der Waals surface area (Å²) in [6, 6.07) is 13.7. The maximum atomic E-state index is 11.1. The van der Waals surface area contributed by atoms with E-state index in [1.807, 2.05) is 12.1 Å². The Balaban J connectivity index is 2.12. The quantitative estimate of drug-likeness (QED) is 0.481. The molecular weight excluding hydrogens is 262 g/mol. The maximum absolute atomic E-state index is 11.1. The van der Waals surface area contributed by atoms with E-state index in [0.29, 0.717) is 5.56 Å². The van der Waals surface area contributed by atoms with Crippen molar-refractivity contribution in [3.8, 4) is 0 Å². The average Bonchev–Trinajstić information content (AvgIpc) is 2.40. The van der Waals surface area contributed by atoms with Crippen LogP contribution in [0.25, 0.3) is 0 Å². The third-order valence-corrected chi connectivity index (χ3v) is 3.56. The van der Waals surface area contributed by atoms with Crippen LogP contribution in [0.4, 0.5) is 5.69 Å². The average molecular weight is 273 g/mol. The van der Waals surface area contributed by atoms with Gasteiger partial charge in [-0.2, -0.15) is 0 Å². The molecule has 0 aliphatic rings. The Labute approximate surface area is 114 Å². The normalized spacial score (nSPS) is 10.2. The predicted molar refractivity (Wildman–Crippen MR) is 73.7 cm³/mol. The summed E-state index contributed by atoms with van der Waals surface area (Å²) < 4.78 is 0. The summed E-state index contributed by atoms with van der Waals surface area (Å²) in [5, 5.41) is 10.5. The highest BCUT2D eigenvalue weighted by Gasteiger charge is 2.05. The van der Waals surface area contributed by atoms with Gasteiger partial charge in [0.15, 0.2) is 5.78 Å². The summed E-state index contributed by atoms with van der Waals surface area (Å²) in [7, 11) is 0. The molecule has 0 saturated heterocycles. The summed E-state index contributed by atoms with van der Waals surface area (Å²) >= 11 is 1.49. The number of Topliss-reactive ketones (excluding diaryl/α,β-unsaturated/α-hetero) is 1. The van der Waals surface area contributed by atoms with Crippen molar-refractivity contribution in [3.05, 3.63) is 64.2 Å². The van der Waals surface area contributed by atoms with E-state index in [-0.39, 0.29) is 11.5 Å². The highest BCUT2D eigenvalue weighted by atomic mass is 32.2. The van der Waals surface area contributed by atoms with E-state index in [9.17, 15) is 14.9 Å². The van der Waals surface area contributed by atoms with Crippen molar-refractivity contribution in [2.24, 2.45) is 0 Å². The van der Waals surface area contributed by atoms with Crippen LogP contribution in [0, 0.1) is 10.1 Å². The minimum absolute atomic E-state index is 0.0342. The molecular formula is C14H11NO3S. The zero-order valence-electron chi connectivity index (χ0n) is 10.2. The van der Waals surface area contributed by atoms with Crippen molar-refractivity contribution >= 4 is 23.2 Å². The smallest absolute Gasteiger partial charge is 0.269 e. The molecule has 0 amide bonds. The van der Waals surface area contributed by atoms with Gasteiger partial charge in [0.2, 0.25) is 0 Å². The molecule has 0 bridgehead atoms. The number of hydrogen-bond acceptors (Lipinski definition) is 4. The topological polar surface area (TPSA) is 60.2 Å². The Kier molecular flexibility index (Phi) is 3.97. The molecule has 0 aromatic heterocycles. The Morgan fingerprint density at radius 2 is 1.47 bits per heavy atom. The van der Waals surface area contributed by atoms with E-state index in [2.05, 4.69) is 0 Å². The van der Waals surface area contributed by atoms with Gasteiger partial charge in [0.1, 0.15) is 0 Å². The summed E-state index contributed by atoms with van der Waals surface area (Å²) in [5.74, 6) is 0.0342. The minimum Gasteiger partial charge on any atom is -0.295 e. The van der Waals surface area contributed by atoms with Crippen molar-refractivity contribution in [1.29, 1.82) is 0 Å². The molecule has 2 aromatic carbocycles. The van der Waals surface area contributed by atoms with Crippen molar-refractivity contribution < 1.29 is 9.72 Å². The van der Waals surface area contributed by atoms with Crippen molar-refractivity contribution in [2.75, 3.05) is 0 Å². The van der Waals surface area contributed by atoms with Crippen LogP contribution in [-0.2, 0) is 0 Å². The van der Waals surface area contributed by atoms with Crippen LogP contribution in [0.5, 0.6) is 0 Å². The highest BCUT2D eigenvalue weighted by Crippen LogP contribution is 2.29. The van der Waals surface area contributed by atoms with E-state index in [1.165, 1.54) is 30.8 Å². The molecule has 0 saturated carbocycles. The van der Waals surface area contributed by atoms with Gasteiger partial charge in [-0.3, -0.25) is 14.9 Å². The molecule has 0 heterocycles. The summed E-state index contributed by atoms with van der Waals surface area (Å²) in [4.78, 5) is 23.2. The van der Waals surface area contributed by atoms with Gasteiger partial charge >= 0.3 is 0 Å². The maximum Gasteiger partial charge on any atom is 0.269 e. The molecule has 5 heteroatoms. The zero-order chi connectivity index (χ0) is 13.8. The van der Waals surface area contributed by atoms with E-state index < -0.39 is 4.92 Å².